The van der Waals surface area contributed by atoms with Gasteiger partial charge in [-0.3, -0.25) is 14.6 Å². The van der Waals surface area contributed by atoms with Gasteiger partial charge in [-0.25, -0.2) is 0 Å². The highest BCUT2D eigenvalue weighted by atomic mass is 32.2. The number of esters is 1. The highest BCUT2D eigenvalue weighted by Gasteiger charge is 2.40. The molecule has 1 aromatic rings. The number of benzene rings is 1. The molecule has 1 aromatic carbocycles. The molecule has 2 heterocycles. The molecule has 2 aliphatic rings. The van der Waals surface area contributed by atoms with Crippen molar-refractivity contribution in [1.29, 1.82) is 0 Å². The molecule has 3 unspecified atom stereocenters. The Bertz CT molecular complexity index is 775. The average Bonchev–Trinajstić information content (AvgIpc) is 2.91. The summed E-state index contributed by atoms with van der Waals surface area (Å²) >= 11 is 1.72. The molecular weight excluding hydrogens is 382 g/mol. The average molecular weight is 407 g/mol. The van der Waals surface area contributed by atoms with Gasteiger partial charge < -0.3 is 18.9 Å². The van der Waals surface area contributed by atoms with E-state index in [1.165, 1.54) is 0 Å². The predicted octanol–water partition coefficient (Wildman–Crippen LogP) is 2.85. The molecule has 0 N–H and O–H groups in total. The number of methoxy groups -OCH3 is 3. The van der Waals surface area contributed by atoms with E-state index in [4.69, 9.17) is 18.9 Å². The van der Waals surface area contributed by atoms with Crippen molar-refractivity contribution in [2.45, 2.75) is 31.1 Å². The van der Waals surface area contributed by atoms with Crippen LogP contribution in [-0.2, 0) is 14.3 Å². The van der Waals surface area contributed by atoms with E-state index >= 15 is 0 Å². The van der Waals surface area contributed by atoms with Crippen molar-refractivity contribution in [3.63, 3.8) is 0 Å². The van der Waals surface area contributed by atoms with Crippen LogP contribution in [0.5, 0.6) is 17.2 Å². The first-order valence-electron chi connectivity index (χ1n) is 9.17. The van der Waals surface area contributed by atoms with Gasteiger partial charge in [0.25, 0.3) is 0 Å². The summed E-state index contributed by atoms with van der Waals surface area (Å²) in [5, 5.41) is -0.0315. The molecule has 0 aromatic heterocycles. The van der Waals surface area contributed by atoms with Gasteiger partial charge in [0.1, 0.15) is 6.10 Å². The van der Waals surface area contributed by atoms with Crippen molar-refractivity contribution in [1.82, 2.24) is 0 Å². The van der Waals surface area contributed by atoms with E-state index < -0.39 is 11.9 Å². The number of rotatable bonds is 5. The number of cyclic esters (lactones) is 1. The van der Waals surface area contributed by atoms with Crippen molar-refractivity contribution in [2.24, 2.45) is 10.9 Å². The molecule has 152 valence electrons. The van der Waals surface area contributed by atoms with Gasteiger partial charge in [0.2, 0.25) is 5.75 Å². The number of Topliss-reactive ketones (excluding diaryl/α,β-unsaturated/α-hetero) is 1. The summed E-state index contributed by atoms with van der Waals surface area (Å²) < 4.78 is 21.8. The second kappa shape index (κ2) is 8.86. The zero-order chi connectivity index (χ0) is 20.3. The minimum Gasteiger partial charge on any atom is -0.493 e. The minimum atomic E-state index is -0.900. The molecule has 0 bridgehead atoms. The van der Waals surface area contributed by atoms with Crippen LogP contribution in [-0.4, -0.2) is 57.2 Å². The monoisotopic (exact) mass is 407 g/mol. The third kappa shape index (κ3) is 3.97. The molecule has 28 heavy (non-hydrogen) atoms. The quantitative estimate of drug-likeness (QED) is 0.548. The van der Waals surface area contributed by atoms with E-state index in [1.807, 2.05) is 12.1 Å². The standard InChI is InChI=1S/C20H25NO6S/c1-11-9-14(22)17(20(23)27-11)13-10-16(28-8-7-21-13)12-5-6-15(24-2)19(26-4)18(12)25-3/h5-6,11,16-17H,7-10H2,1-4H3. The van der Waals surface area contributed by atoms with E-state index in [1.54, 1.807) is 40.0 Å². The SMILES string of the molecule is COc1ccc(C2CC(C3C(=O)CC(C)OC3=O)=NCCS2)c(OC)c1OC. The molecule has 0 saturated carbocycles. The van der Waals surface area contributed by atoms with Crippen LogP contribution < -0.4 is 14.2 Å². The lowest BCUT2D eigenvalue weighted by Crippen LogP contribution is -2.42. The largest absolute Gasteiger partial charge is 0.493 e. The molecule has 0 amide bonds. The molecule has 0 radical (unpaired) electrons. The van der Waals surface area contributed by atoms with E-state index in [-0.39, 0.29) is 23.6 Å². The van der Waals surface area contributed by atoms with Crippen LogP contribution in [0, 0.1) is 5.92 Å². The third-order valence-corrected chi connectivity index (χ3v) is 6.14. The van der Waals surface area contributed by atoms with Gasteiger partial charge in [0.05, 0.1) is 21.3 Å². The van der Waals surface area contributed by atoms with Gasteiger partial charge in [-0.2, -0.15) is 11.8 Å². The van der Waals surface area contributed by atoms with Crippen molar-refractivity contribution >= 4 is 29.2 Å². The fourth-order valence-corrected chi connectivity index (χ4v) is 4.78. The Morgan fingerprint density at radius 2 is 1.82 bits per heavy atom. The molecule has 7 nitrogen and oxygen atoms in total. The Labute approximate surface area is 168 Å². The topological polar surface area (TPSA) is 83.4 Å². The Morgan fingerprint density at radius 1 is 1.07 bits per heavy atom. The summed E-state index contributed by atoms with van der Waals surface area (Å²) in [7, 11) is 4.72. The molecular formula is C20H25NO6S. The van der Waals surface area contributed by atoms with Gasteiger partial charge in [0, 0.05) is 41.7 Å². The van der Waals surface area contributed by atoms with Gasteiger partial charge in [-0.15, -0.1) is 0 Å². The number of thioether (sulfide) groups is 1. The molecule has 1 saturated heterocycles. The van der Waals surface area contributed by atoms with Gasteiger partial charge in [-0.05, 0) is 13.0 Å². The van der Waals surface area contributed by atoms with Crippen LogP contribution in [0.1, 0.15) is 30.6 Å². The van der Waals surface area contributed by atoms with Crippen LogP contribution in [0.15, 0.2) is 17.1 Å². The Balaban J connectivity index is 1.93. The lowest BCUT2D eigenvalue weighted by Gasteiger charge is -2.27. The highest BCUT2D eigenvalue weighted by molar-refractivity contribution is 7.99. The van der Waals surface area contributed by atoms with Crippen molar-refractivity contribution in [2.75, 3.05) is 33.6 Å². The molecule has 1 fully saturated rings. The fraction of sp³-hybridized carbons (Fsp3) is 0.550. The second-order valence-corrected chi connectivity index (χ2v) is 8.02. The molecule has 3 rings (SSSR count). The van der Waals surface area contributed by atoms with Crippen LogP contribution in [0.25, 0.3) is 0 Å². The van der Waals surface area contributed by atoms with Gasteiger partial charge >= 0.3 is 5.97 Å². The van der Waals surface area contributed by atoms with Crippen molar-refractivity contribution in [3.8, 4) is 17.2 Å². The maximum absolute atomic E-state index is 12.5. The first kappa shape index (κ1) is 20.5. The molecule has 8 heteroatoms. The van der Waals surface area contributed by atoms with E-state index in [9.17, 15) is 9.59 Å². The van der Waals surface area contributed by atoms with Crippen LogP contribution >= 0.6 is 11.8 Å². The second-order valence-electron chi connectivity index (χ2n) is 6.71. The van der Waals surface area contributed by atoms with E-state index in [2.05, 4.69) is 4.99 Å². The highest BCUT2D eigenvalue weighted by Crippen LogP contribution is 2.47. The Kier molecular flexibility index (Phi) is 6.49. The van der Waals surface area contributed by atoms with Crippen LogP contribution in [0.2, 0.25) is 0 Å². The predicted molar refractivity (Wildman–Crippen MR) is 107 cm³/mol. The van der Waals surface area contributed by atoms with Crippen LogP contribution in [0.4, 0.5) is 0 Å². The summed E-state index contributed by atoms with van der Waals surface area (Å²) in [6, 6.07) is 3.77. The number of hydrogen-bond acceptors (Lipinski definition) is 8. The number of ketones is 1. The van der Waals surface area contributed by atoms with E-state index in [0.717, 1.165) is 11.3 Å². The smallest absolute Gasteiger partial charge is 0.322 e. The zero-order valence-corrected chi connectivity index (χ0v) is 17.3. The maximum atomic E-state index is 12.5. The minimum absolute atomic E-state index is 0.0315. The molecule has 0 spiro atoms. The number of nitrogens with zero attached hydrogens (tertiary/aromatic N) is 1. The first-order valence-corrected chi connectivity index (χ1v) is 10.2. The van der Waals surface area contributed by atoms with Gasteiger partial charge in [0.15, 0.2) is 23.2 Å². The normalized spacial score (nSPS) is 25.4. The number of aliphatic imine (C=N–C) groups is 1. The summed E-state index contributed by atoms with van der Waals surface area (Å²) in [5.74, 6) is 0.955. The molecule has 3 atom stereocenters. The van der Waals surface area contributed by atoms with Gasteiger partial charge in [-0.1, -0.05) is 6.07 Å². The summed E-state index contributed by atoms with van der Waals surface area (Å²) in [6.07, 6.45) is 0.322. The third-order valence-electron chi connectivity index (χ3n) is 4.90. The number of carbonyl (C=O) groups is 2. The molecule has 0 aliphatic carbocycles. The van der Waals surface area contributed by atoms with E-state index in [0.29, 0.717) is 35.9 Å². The summed E-state index contributed by atoms with van der Waals surface area (Å²) in [6.45, 7) is 2.28. The fourth-order valence-electron chi connectivity index (χ4n) is 3.65. The van der Waals surface area contributed by atoms with Crippen molar-refractivity contribution < 1.29 is 28.5 Å². The number of hydrogen-bond donors (Lipinski definition) is 0. The lowest BCUT2D eigenvalue weighted by atomic mass is 9.88. The Hall–Kier alpha value is -2.22. The summed E-state index contributed by atoms with van der Waals surface area (Å²) in [5.41, 5.74) is 1.51. The van der Waals surface area contributed by atoms with Crippen LogP contribution in [0.3, 0.4) is 0 Å². The Morgan fingerprint density at radius 3 is 2.46 bits per heavy atom. The first-order chi connectivity index (χ1) is 13.5. The number of carbonyl (C=O) groups excluding carboxylic acids is 2. The molecule has 2 aliphatic heterocycles. The zero-order valence-electron chi connectivity index (χ0n) is 16.5. The lowest BCUT2D eigenvalue weighted by molar-refractivity contribution is -0.160. The van der Waals surface area contributed by atoms with Crippen molar-refractivity contribution in [3.05, 3.63) is 17.7 Å². The number of ether oxygens (including phenoxy) is 4. The summed E-state index contributed by atoms with van der Waals surface area (Å²) in [4.78, 5) is 29.5. The maximum Gasteiger partial charge on any atom is 0.322 e.